The van der Waals surface area contributed by atoms with E-state index in [2.05, 4.69) is 5.32 Å². The molecule has 2 aromatic carbocycles. The molecule has 0 aromatic heterocycles. The first kappa shape index (κ1) is 21.9. The van der Waals surface area contributed by atoms with Gasteiger partial charge in [-0.15, -0.1) is 0 Å². The van der Waals surface area contributed by atoms with Gasteiger partial charge in [-0.25, -0.2) is 4.79 Å². The topological polar surface area (TPSA) is 120 Å². The van der Waals surface area contributed by atoms with Crippen molar-refractivity contribution >= 4 is 16.2 Å². The van der Waals surface area contributed by atoms with Crippen molar-refractivity contribution in [3.63, 3.8) is 0 Å². The van der Waals surface area contributed by atoms with E-state index in [0.29, 0.717) is 30.3 Å². The number of nitrogens with one attached hydrogen (secondary N) is 1. The van der Waals surface area contributed by atoms with Crippen molar-refractivity contribution in [2.45, 2.75) is 18.8 Å². The van der Waals surface area contributed by atoms with E-state index in [-0.39, 0.29) is 6.61 Å². The Balaban J connectivity index is 1.70. The highest BCUT2D eigenvalue weighted by molar-refractivity contribution is 7.85. The van der Waals surface area contributed by atoms with Crippen molar-refractivity contribution in [1.29, 1.82) is 0 Å². The highest BCUT2D eigenvalue weighted by atomic mass is 32.2. The van der Waals surface area contributed by atoms with Gasteiger partial charge in [0.05, 0.1) is 18.9 Å². The first-order valence-electron chi connectivity index (χ1n) is 9.21. The summed E-state index contributed by atoms with van der Waals surface area (Å²) in [7, 11) is -3.79. The first-order chi connectivity index (χ1) is 14.3. The summed E-state index contributed by atoms with van der Waals surface area (Å²) in [4.78, 5) is 12.2. The lowest BCUT2D eigenvalue weighted by Crippen LogP contribution is -2.43. The molecule has 30 heavy (non-hydrogen) atoms. The normalized spacial score (nSPS) is 15.1. The van der Waals surface area contributed by atoms with Crippen molar-refractivity contribution in [2.75, 3.05) is 26.1 Å². The van der Waals surface area contributed by atoms with Crippen LogP contribution in [0, 0.1) is 0 Å². The summed E-state index contributed by atoms with van der Waals surface area (Å²) in [6.45, 7) is 0.340. The molecule has 2 atom stereocenters. The van der Waals surface area contributed by atoms with E-state index in [1.54, 1.807) is 30.3 Å². The third kappa shape index (κ3) is 6.34. The van der Waals surface area contributed by atoms with E-state index in [9.17, 15) is 18.3 Å². The standard InChI is InChI=1S/C20H23NO8S/c1-30(24,25)29-13-16(21-20(23)28-12-14-5-3-2-4-6-14)19(22)15-7-8-17-18(11-15)27-10-9-26-17/h2-8,11,16,19,22H,9-10,12-13H2,1H3,(H,21,23)/t16-,19-/m1/s1. The first-order valence-corrected chi connectivity index (χ1v) is 11.0. The summed E-state index contributed by atoms with van der Waals surface area (Å²) in [5.41, 5.74) is 1.17. The van der Waals surface area contributed by atoms with Crippen molar-refractivity contribution in [3.05, 3.63) is 59.7 Å². The highest BCUT2D eigenvalue weighted by Crippen LogP contribution is 2.33. The Morgan fingerprint density at radius 2 is 1.83 bits per heavy atom. The summed E-state index contributed by atoms with van der Waals surface area (Å²) in [5.74, 6) is 0.989. The predicted molar refractivity (Wildman–Crippen MR) is 107 cm³/mol. The SMILES string of the molecule is CS(=O)(=O)OC[C@@H](NC(=O)OCc1ccccc1)[C@H](O)c1ccc2c(c1)OCCO2. The number of carbonyl (C=O) groups is 1. The smallest absolute Gasteiger partial charge is 0.407 e. The fraction of sp³-hybridized carbons (Fsp3) is 0.350. The van der Waals surface area contributed by atoms with E-state index in [1.165, 1.54) is 0 Å². The van der Waals surface area contributed by atoms with Gasteiger partial charge in [-0.05, 0) is 23.3 Å². The van der Waals surface area contributed by atoms with Crippen molar-refractivity contribution < 1.29 is 36.7 Å². The second-order valence-corrected chi connectivity index (χ2v) is 8.29. The molecule has 1 aliphatic rings. The fourth-order valence-corrected chi connectivity index (χ4v) is 3.19. The Labute approximate surface area is 174 Å². The average Bonchev–Trinajstić information content (AvgIpc) is 2.74. The molecular formula is C20H23NO8S. The number of aliphatic hydroxyl groups excluding tert-OH is 1. The summed E-state index contributed by atoms with van der Waals surface area (Å²) < 4.78 is 43.7. The third-order valence-electron chi connectivity index (χ3n) is 4.27. The molecular weight excluding hydrogens is 414 g/mol. The van der Waals surface area contributed by atoms with Gasteiger partial charge < -0.3 is 24.6 Å². The van der Waals surface area contributed by atoms with Crippen LogP contribution in [0.4, 0.5) is 4.79 Å². The van der Waals surface area contributed by atoms with Crippen LogP contribution in [-0.2, 0) is 25.6 Å². The Bertz CT molecular complexity index is 964. The van der Waals surface area contributed by atoms with Crippen LogP contribution in [0.2, 0.25) is 0 Å². The zero-order valence-electron chi connectivity index (χ0n) is 16.3. The minimum atomic E-state index is -3.79. The van der Waals surface area contributed by atoms with Gasteiger partial charge >= 0.3 is 6.09 Å². The Morgan fingerprint density at radius 3 is 2.53 bits per heavy atom. The molecule has 0 saturated heterocycles. The largest absolute Gasteiger partial charge is 0.486 e. The number of aliphatic hydroxyl groups is 1. The molecule has 1 amide bonds. The van der Waals surface area contributed by atoms with Crippen molar-refractivity contribution in [1.82, 2.24) is 5.32 Å². The minimum absolute atomic E-state index is 0.0203. The van der Waals surface area contributed by atoms with Gasteiger partial charge in [0.15, 0.2) is 11.5 Å². The third-order valence-corrected chi connectivity index (χ3v) is 4.83. The summed E-state index contributed by atoms with van der Waals surface area (Å²) in [6.07, 6.45) is -1.22. The molecule has 0 unspecified atom stereocenters. The van der Waals surface area contributed by atoms with Gasteiger partial charge in [-0.2, -0.15) is 8.42 Å². The number of hydrogen-bond acceptors (Lipinski definition) is 8. The van der Waals surface area contributed by atoms with E-state index >= 15 is 0 Å². The molecule has 2 aromatic rings. The maximum absolute atomic E-state index is 12.2. The number of benzene rings is 2. The quantitative estimate of drug-likeness (QED) is 0.600. The van der Waals surface area contributed by atoms with Gasteiger partial charge in [0.2, 0.25) is 0 Å². The molecule has 0 aliphatic carbocycles. The Hall–Kier alpha value is -2.82. The van der Waals surface area contributed by atoms with Crippen LogP contribution in [0.1, 0.15) is 17.2 Å². The number of fused-ring (bicyclic) bond motifs is 1. The van der Waals surface area contributed by atoms with Crippen LogP contribution in [0.5, 0.6) is 11.5 Å². The monoisotopic (exact) mass is 437 g/mol. The molecule has 0 saturated carbocycles. The zero-order valence-corrected chi connectivity index (χ0v) is 17.1. The molecule has 3 rings (SSSR count). The predicted octanol–water partition coefficient (Wildman–Crippen LogP) is 1.76. The molecule has 10 heteroatoms. The number of hydrogen-bond donors (Lipinski definition) is 2. The van der Waals surface area contributed by atoms with Crippen molar-refractivity contribution in [3.8, 4) is 11.5 Å². The second kappa shape index (κ2) is 9.79. The molecule has 0 fully saturated rings. The van der Waals surface area contributed by atoms with Gasteiger partial charge in [-0.1, -0.05) is 36.4 Å². The van der Waals surface area contributed by atoms with Crippen molar-refractivity contribution in [2.24, 2.45) is 0 Å². The average molecular weight is 437 g/mol. The summed E-state index contributed by atoms with van der Waals surface area (Å²) in [5, 5.41) is 13.2. The van der Waals surface area contributed by atoms with E-state index in [4.69, 9.17) is 18.4 Å². The van der Waals surface area contributed by atoms with E-state index in [1.807, 2.05) is 18.2 Å². The van der Waals surface area contributed by atoms with Crippen LogP contribution in [0.15, 0.2) is 48.5 Å². The van der Waals surface area contributed by atoms with Crippen LogP contribution in [0.3, 0.4) is 0 Å². The molecule has 1 aliphatic heterocycles. The minimum Gasteiger partial charge on any atom is -0.486 e. The maximum atomic E-state index is 12.2. The summed E-state index contributed by atoms with van der Waals surface area (Å²) in [6, 6.07) is 12.8. The summed E-state index contributed by atoms with van der Waals surface area (Å²) >= 11 is 0. The second-order valence-electron chi connectivity index (χ2n) is 6.65. The molecule has 2 N–H and O–H groups in total. The Kier molecular flexibility index (Phi) is 7.14. The number of alkyl carbamates (subject to hydrolysis) is 1. The molecule has 0 spiro atoms. The Morgan fingerprint density at radius 1 is 1.13 bits per heavy atom. The van der Waals surface area contributed by atoms with Gasteiger partial charge in [0, 0.05) is 0 Å². The fourth-order valence-electron chi connectivity index (χ4n) is 2.80. The van der Waals surface area contributed by atoms with Gasteiger partial charge in [0.1, 0.15) is 25.9 Å². The lowest BCUT2D eigenvalue weighted by Gasteiger charge is -2.25. The molecule has 0 radical (unpaired) electrons. The van der Waals surface area contributed by atoms with Crippen LogP contribution >= 0.6 is 0 Å². The van der Waals surface area contributed by atoms with Gasteiger partial charge in [-0.3, -0.25) is 4.18 Å². The molecule has 1 heterocycles. The van der Waals surface area contributed by atoms with E-state index < -0.39 is 35.0 Å². The highest BCUT2D eigenvalue weighted by Gasteiger charge is 2.27. The molecule has 0 bridgehead atoms. The van der Waals surface area contributed by atoms with E-state index in [0.717, 1.165) is 11.8 Å². The number of rotatable bonds is 8. The van der Waals surface area contributed by atoms with Crippen LogP contribution < -0.4 is 14.8 Å². The molecule has 9 nitrogen and oxygen atoms in total. The van der Waals surface area contributed by atoms with Gasteiger partial charge in [0.25, 0.3) is 10.1 Å². The van der Waals surface area contributed by atoms with Crippen LogP contribution in [-0.4, -0.2) is 51.7 Å². The maximum Gasteiger partial charge on any atom is 0.407 e. The zero-order chi connectivity index (χ0) is 21.6. The van der Waals surface area contributed by atoms with Crippen LogP contribution in [0.25, 0.3) is 0 Å². The number of amides is 1. The molecule has 162 valence electrons. The number of ether oxygens (including phenoxy) is 3. The number of carbonyl (C=O) groups excluding carboxylic acids is 1. The lowest BCUT2D eigenvalue weighted by atomic mass is 10.0. The lowest BCUT2D eigenvalue weighted by molar-refractivity contribution is 0.0824.